The van der Waals surface area contributed by atoms with E-state index in [1.54, 1.807) is 26.0 Å². The smallest absolute Gasteiger partial charge is 0.182 e. The van der Waals surface area contributed by atoms with E-state index >= 15 is 0 Å². The zero-order chi connectivity index (χ0) is 15.8. The Kier molecular flexibility index (Phi) is 3.75. The SMILES string of the molecule is Cc1ccc(N)cc1-c1nnnn1CC(C)(C)S(C)(=O)=O. The minimum atomic E-state index is -3.24. The Bertz CT molecular complexity index is 765. The maximum atomic E-state index is 11.8. The van der Waals surface area contributed by atoms with Gasteiger partial charge in [0, 0.05) is 17.5 Å². The normalized spacial score (nSPS) is 12.6. The molecule has 1 aromatic heterocycles. The van der Waals surface area contributed by atoms with Crippen LogP contribution in [0.25, 0.3) is 11.4 Å². The summed E-state index contributed by atoms with van der Waals surface area (Å²) in [6.45, 7) is 5.40. The second kappa shape index (κ2) is 5.10. The molecule has 0 bridgehead atoms. The molecule has 2 rings (SSSR count). The molecule has 0 radical (unpaired) electrons. The molecule has 0 unspecified atom stereocenters. The van der Waals surface area contributed by atoms with Gasteiger partial charge in [0.15, 0.2) is 15.7 Å². The molecule has 2 aromatic rings. The zero-order valence-corrected chi connectivity index (χ0v) is 13.3. The van der Waals surface area contributed by atoms with Gasteiger partial charge >= 0.3 is 0 Å². The molecule has 0 aliphatic rings. The molecule has 1 aromatic carbocycles. The van der Waals surface area contributed by atoms with Crippen LogP contribution in [0.5, 0.6) is 0 Å². The molecule has 0 atom stereocenters. The van der Waals surface area contributed by atoms with Crippen LogP contribution in [-0.4, -0.2) is 39.6 Å². The van der Waals surface area contributed by atoms with Gasteiger partial charge in [-0.05, 0) is 48.9 Å². The molecule has 0 aliphatic carbocycles. The van der Waals surface area contributed by atoms with Gasteiger partial charge in [0.25, 0.3) is 0 Å². The lowest BCUT2D eigenvalue weighted by molar-refractivity contribution is 0.471. The maximum absolute atomic E-state index is 11.8. The number of nitrogens with two attached hydrogens (primary N) is 1. The summed E-state index contributed by atoms with van der Waals surface area (Å²) in [5, 5.41) is 11.6. The monoisotopic (exact) mass is 309 g/mol. The molecule has 0 aliphatic heterocycles. The van der Waals surface area contributed by atoms with Crippen LogP contribution in [0.4, 0.5) is 5.69 Å². The van der Waals surface area contributed by atoms with Gasteiger partial charge in [-0.15, -0.1) is 5.10 Å². The van der Waals surface area contributed by atoms with Crippen molar-refractivity contribution in [2.24, 2.45) is 0 Å². The van der Waals surface area contributed by atoms with Crippen LogP contribution in [-0.2, 0) is 16.4 Å². The topological polar surface area (TPSA) is 104 Å². The molecule has 21 heavy (non-hydrogen) atoms. The average Bonchev–Trinajstić information content (AvgIpc) is 2.78. The number of hydrogen-bond acceptors (Lipinski definition) is 6. The van der Waals surface area contributed by atoms with Gasteiger partial charge in [-0.1, -0.05) is 6.07 Å². The Morgan fingerprint density at radius 2 is 2.00 bits per heavy atom. The molecular formula is C13H19N5O2S. The quantitative estimate of drug-likeness (QED) is 0.847. The lowest BCUT2D eigenvalue weighted by atomic mass is 10.1. The molecule has 7 nitrogen and oxygen atoms in total. The number of nitrogens with zero attached hydrogens (tertiary/aromatic N) is 4. The van der Waals surface area contributed by atoms with Crippen molar-refractivity contribution in [3.8, 4) is 11.4 Å². The van der Waals surface area contributed by atoms with Gasteiger partial charge in [-0.3, -0.25) is 0 Å². The number of tetrazole rings is 1. The first-order chi connectivity index (χ1) is 9.62. The maximum Gasteiger partial charge on any atom is 0.182 e. The fraction of sp³-hybridized carbons (Fsp3) is 0.462. The summed E-state index contributed by atoms with van der Waals surface area (Å²) in [6, 6.07) is 5.46. The van der Waals surface area contributed by atoms with E-state index in [4.69, 9.17) is 5.73 Å². The summed E-state index contributed by atoms with van der Waals surface area (Å²) in [5.41, 5.74) is 8.18. The third-order valence-electron chi connectivity index (χ3n) is 3.57. The van der Waals surface area contributed by atoms with Gasteiger partial charge in [-0.2, -0.15) is 0 Å². The van der Waals surface area contributed by atoms with Crippen LogP contribution in [0, 0.1) is 6.92 Å². The first-order valence-corrected chi connectivity index (χ1v) is 8.33. The molecule has 0 saturated heterocycles. The van der Waals surface area contributed by atoms with Crippen molar-refractivity contribution < 1.29 is 8.42 Å². The number of nitrogen functional groups attached to an aromatic ring is 1. The molecule has 1 heterocycles. The molecule has 8 heteroatoms. The van der Waals surface area contributed by atoms with Crippen molar-refractivity contribution in [2.45, 2.75) is 32.1 Å². The molecule has 114 valence electrons. The summed E-state index contributed by atoms with van der Waals surface area (Å²) >= 11 is 0. The Morgan fingerprint density at radius 1 is 1.33 bits per heavy atom. The predicted octanol–water partition coefficient (Wildman–Crippen LogP) is 1.05. The van der Waals surface area contributed by atoms with E-state index in [1.807, 2.05) is 13.0 Å². The average molecular weight is 309 g/mol. The largest absolute Gasteiger partial charge is 0.399 e. The van der Waals surface area contributed by atoms with Gasteiger partial charge in [0.1, 0.15) is 0 Å². The zero-order valence-electron chi connectivity index (χ0n) is 12.5. The van der Waals surface area contributed by atoms with Crippen LogP contribution in [0.15, 0.2) is 18.2 Å². The van der Waals surface area contributed by atoms with Gasteiger partial charge < -0.3 is 5.73 Å². The Labute approximate surface area is 124 Å². The number of benzene rings is 1. The van der Waals surface area contributed by atoms with Crippen molar-refractivity contribution in [2.75, 3.05) is 12.0 Å². The molecular weight excluding hydrogens is 290 g/mol. The molecule has 2 N–H and O–H groups in total. The van der Waals surface area contributed by atoms with Crippen LogP contribution >= 0.6 is 0 Å². The fourth-order valence-electron chi connectivity index (χ4n) is 1.86. The van der Waals surface area contributed by atoms with E-state index in [9.17, 15) is 8.42 Å². The lowest BCUT2D eigenvalue weighted by Crippen LogP contribution is -2.36. The van der Waals surface area contributed by atoms with Crippen molar-refractivity contribution in [3.63, 3.8) is 0 Å². The standard InChI is InChI=1S/C13H19N5O2S/c1-9-5-6-10(14)7-11(9)12-15-16-17-18(12)8-13(2,3)21(4,19)20/h5-7H,8,14H2,1-4H3. The van der Waals surface area contributed by atoms with E-state index in [-0.39, 0.29) is 6.54 Å². The Balaban J connectivity index is 2.47. The predicted molar refractivity (Wildman–Crippen MR) is 81.3 cm³/mol. The molecule has 0 fully saturated rings. The summed E-state index contributed by atoms with van der Waals surface area (Å²) in [4.78, 5) is 0. The van der Waals surface area contributed by atoms with Crippen LogP contribution in [0.3, 0.4) is 0 Å². The van der Waals surface area contributed by atoms with E-state index in [0.29, 0.717) is 11.5 Å². The Hall–Kier alpha value is -1.96. The van der Waals surface area contributed by atoms with Gasteiger partial charge in [0.2, 0.25) is 0 Å². The van der Waals surface area contributed by atoms with Gasteiger partial charge in [-0.25, -0.2) is 13.1 Å². The minimum absolute atomic E-state index is 0.169. The lowest BCUT2D eigenvalue weighted by Gasteiger charge is -2.22. The molecule has 0 amide bonds. The fourth-order valence-corrected chi connectivity index (χ4v) is 2.22. The number of sulfone groups is 1. The summed E-state index contributed by atoms with van der Waals surface area (Å²) < 4.78 is 24.2. The number of rotatable bonds is 4. The number of aromatic nitrogens is 4. The van der Waals surface area contributed by atoms with E-state index in [2.05, 4.69) is 15.5 Å². The first-order valence-electron chi connectivity index (χ1n) is 6.44. The van der Waals surface area contributed by atoms with Gasteiger partial charge in [0.05, 0.1) is 11.3 Å². The number of anilines is 1. The molecule has 0 saturated carbocycles. The highest BCUT2D eigenvalue weighted by Crippen LogP contribution is 2.25. The van der Waals surface area contributed by atoms with E-state index in [1.165, 1.54) is 10.9 Å². The van der Waals surface area contributed by atoms with Crippen LogP contribution in [0.1, 0.15) is 19.4 Å². The Morgan fingerprint density at radius 3 is 2.62 bits per heavy atom. The minimum Gasteiger partial charge on any atom is -0.399 e. The van der Waals surface area contributed by atoms with Crippen LogP contribution < -0.4 is 5.73 Å². The summed E-state index contributed by atoms with van der Waals surface area (Å²) in [5.74, 6) is 0.511. The van der Waals surface area contributed by atoms with Crippen molar-refractivity contribution >= 4 is 15.5 Å². The summed E-state index contributed by atoms with van der Waals surface area (Å²) in [6.07, 6.45) is 1.21. The van der Waals surface area contributed by atoms with Crippen molar-refractivity contribution in [1.82, 2.24) is 20.2 Å². The highest BCUT2D eigenvalue weighted by Gasteiger charge is 2.32. The van der Waals surface area contributed by atoms with E-state index < -0.39 is 14.6 Å². The highest BCUT2D eigenvalue weighted by molar-refractivity contribution is 7.92. The van der Waals surface area contributed by atoms with E-state index in [0.717, 1.165) is 11.1 Å². The summed E-state index contributed by atoms with van der Waals surface area (Å²) in [7, 11) is -3.24. The second-order valence-electron chi connectivity index (χ2n) is 5.77. The second-order valence-corrected chi connectivity index (χ2v) is 8.42. The molecule has 0 spiro atoms. The van der Waals surface area contributed by atoms with Crippen molar-refractivity contribution in [3.05, 3.63) is 23.8 Å². The van der Waals surface area contributed by atoms with Crippen molar-refractivity contribution in [1.29, 1.82) is 0 Å². The number of aryl methyl sites for hydroxylation is 1. The third-order valence-corrected chi connectivity index (χ3v) is 5.71. The van der Waals surface area contributed by atoms with Crippen LogP contribution in [0.2, 0.25) is 0 Å². The first kappa shape index (κ1) is 15.4. The number of hydrogen-bond donors (Lipinski definition) is 1. The third kappa shape index (κ3) is 3.05. The highest BCUT2D eigenvalue weighted by atomic mass is 32.2.